The molecule has 0 aliphatic carbocycles. The maximum atomic E-state index is 11.6. The Morgan fingerprint density at radius 1 is 0.957 bits per heavy atom. The predicted molar refractivity (Wildman–Crippen MR) is 90.6 cm³/mol. The van der Waals surface area contributed by atoms with E-state index in [-0.39, 0.29) is 0 Å². The molecule has 3 aromatic rings. The third kappa shape index (κ3) is 3.25. The molecule has 0 saturated heterocycles. The van der Waals surface area contributed by atoms with Crippen LogP contribution in [0.25, 0.3) is 11.1 Å². The predicted octanol–water partition coefficient (Wildman–Crippen LogP) is 4.62. The molecule has 0 saturated carbocycles. The summed E-state index contributed by atoms with van der Waals surface area (Å²) in [4.78, 5) is 15.8. The minimum atomic E-state index is -0.922. The highest BCUT2D eigenvalue weighted by atomic mass is 35.5. The summed E-state index contributed by atoms with van der Waals surface area (Å²) in [6.07, 6.45) is 1.60. The van der Waals surface area contributed by atoms with Gasteiger partial charge < -0.3 is 5.11 Å². The van der Waals surface area contributed by atoms with Crippen LogP contribution in [0.3, 0.4) is 0 Å². The summed E-state index contributed by atoms with van der Waals surface area (Å²) < 4.78 is 0. The zero-order chi connectivity index (χ0) is 16.2. The van der Waals surface area contributed by atoms with Crippen LogP contribution in [0.2, 0.25) is 5.02 Å². The molecule has 1 atom stereocenters. The first-order valence-corrected chi connectivity index (χ1v) is 7.53. The van der Waals surface area contributed by atoms with Crippen molar-refractivity contribution < 1.29 is 9.90 Å². The van der Waals surface area contributed by atoms with Gasteiger partial charge in [-0.25, -0.2) is 0 Å². The van der Waals surface area contributed by atoms with Crippen LogP contribution in [-0.2, 0) is 4.79 Å². The van der Waals surface area contributed by atoms with Crippen LogP contribution in [0.1, 0.15) is 17.2 Å². The number of carbonyl (C=O) groups is 1. The maximum absolute atomic E-state index is 11.6. The Labute approximate surface area is 139 Å². The zero-order valence-corrected chi connectivity index (χ0v) is 12.9. The second-order valence-electron chi connectivity index (χ2n) is 5.13. The lowest BCUT2D eigenvalue weighted by atomic mass is 9.93. The first-order valence-electron chi connectivity index (χ1n) is 7.15. The number of rotatable bonds is 4. The highest BCUT2D eigenvalue weighted by Gasteiger charge is 2.23. The van der Waals surface area contributed by atoms with E-state index in [1.165, 1.54) is 0 Å². The van der Waals surface area contributed by atoms with Crippen molar-refractivity contribution in [2.75, 3.05) is 0 Å². The van der Waals surface area contributed by atoms with Crippen LogP contribution in [0, 0.1) is 0 Å². The summed E-state index contributed by atoms with van der Waals surface area (Å²) in [6.45, 7) is 0. The second kappa shape index (κ2) is 6.63. The van der Waals surface area contributed by atoms with Crippen molar-refractivity contribution in [2.45, 2.75) is 5.92 Å². The number of hydrogen-bond donors (Lipinski definition) is 1. The molecule has 0 radical (unpaired) electrons. The van der Waals surface area contributed by atoms with Crippen LogP contribution in [0.15, 0.2) is 72.9 Å². The van der Waals surface area contributed by atoms with Crippen LogP contribution in [0.4, 0.5) is 0 Å². The fourth-order valence-electron chi connectivity index (χ4n) is 2.54. The molecule has 23 heavy (non-hydrogen) atoms. The van der Waals surface area contributed by atoms with Crippen molar-refractivity contribution in [2.24, 2.45) is 0 Å². The smallest absolute Gasteiger partial charge is 0.317 e. The van der Waals surface area contributed by atoms with Gasteiger partial charge in [0.25, 0.3) is 0 Å². The molecule has 0 aliphatic heterocycles. The fourth-order valence-corrected chi connectivity index (χ4v) is 2.78. The number of carboxylic acid groups (broad SMARTS) is 1. The Morgan fingerprint density at radius 3 is 2.26 bits per heavy atom. The zero-order valence-electron chi connectivity index (χ0n) is 12.2. The largest absolute Gasteiger partial charge is 0.480 e. The lowest BCUT2D eigenvalue weighted by Gasteiger charge is -2.13. The van der Waals surface area contributed by atoms with Crippen LogP contribution >= 0.6 is 11.6 Å². The third-order valence-electron chi connectivity index (χ3n) is 3.66. The van der Waals surface area contributed by atoms with Crippen molar-refractivity contribution in [3.63, 3.8) is 0 Å². The number of halogens is 1. The van der Waals surface area contributed by atoms with Crippen molar-refractivity contribution in [3.8, 4) is 11.1 Å². The highest BCUT2D eigenvalue weighted by Crippen LogP contribution is 2.30. The molecule has 4 heteroatoms. The Hall–Kier alpha value is -2.65. The number of pyridine rings is 1. The number of carboxylic acids is 1. The molecule has 3 nitrogen and oxygen atoms in total. The molecule has 114 valence electrons. The monoisotopic (exact) mass is 323 g/mol. The summed E-state index contributed by atoms with van der Waals surface area (Å²) in [5, 5.41) is 10.2. The molecule has 0 aliphatic rings. The van der Waals surface area contributed by atoms with Crippen molar-refractivity contribution in [1.29, 1.82) is 0 Å². The Bertz CT molecular complexity index is 816. The standard InChI is InChI=1S/C19H14ClNO2/c20-16-6-2-1-5-15(16)13-8-10-14(11-9-13)18(19(22)23)17-7-3-4-12-21-17/h1-12,18H,(H,22,23). The normalized spacial score (nSPS) is 11.9. The summed E-state index contributed by atoms with van der Waals surface area (Å²) >= 11 is 6.20. The topological polar surface area (TPSA) is 50.2 Å². The number of aromatic nitrogens is 1. The van der Waals surface area contributed by atoms with Crippen LogP contribution in [0.5, 0.6) is 0 Å². The molecule has 1 aromatic heterocycles. The van der Waals surface area contributed by atoms with Gasteiger partial charge in [0.1, 0.15) is 5.92 Å². The van der Waals surface area contributed by atoms with Crippen molar-refractivity contribution in [3.05, 3.63) is 89.2 Å². The summed E-state index contributed by atoms with van der Waals surface area (Å²) in [5.41, 5.74) is 3.08. The molecule has 1 N–H and O–H groups in total. The van der Waals surface area contributed by atoms with Gasteiger partial charge in [0.2, 0.25) is 0 Å². The average molecular weight is 324 g/mol. The van der Waals surface area contributed by atoms with E-state index < -0.39 is 11.9 Å². The van der Waals surface area contributed by atoms with E-state index in [0.717, 1.165) is 11.1 Å². The molecular formula is C19H14ClNO2. The van der Waals surface area contributed by atoms with Crippen molar-refractivity contribution in [1.82, 2.24) is 4.98 Å². The van der Waals surface area contributed by atoms with Gasteiger partial charge in [-0.15, -0.1) is 0 Å². The SMILES string of the molecule is O=C(O)C(c1ccc(-c2ccccc2Cl)cc1)c1ccccn1. The Morgan fingerprint density at radius 2 is 1.65 bits per heavy atom. The quantitative estimate of drug-likeness (QED) is 0.762. The van der Waals surface area contributed by atoms with E-state index in [2.05, 4.69) is 4.98 Å². The summed E-state index contributed by atoms with van der Waals surface area (Å²) in [5.74, 6) is -1.70. The van der Waals surface area contributed by atoms with E-state index >= 15 is 0 Å². The maximum Gasteiger partial charge on any atom is 0.317 e. The number of benzene rings is 2. The number of aliphatic carboxylic acids is 1. The first kappa shape index (κ1) is 15.3. The summed E-state index contributed by atoms with van der Waals surface area (Å²) in [6, 6.07) is 20.2. The van der Waals surface area contributed by atoms with Gasteiger partial charge in [0.15, 0.2) is 0 Å². The van der Waals surface area contributed by atoms with E-state index in [0.29, 0.717) is 16.3 Å². The van der Waals surface area contributed by atoms with Gasteiger partial charge in [-0.1, -0.05) is 60.1 Å². The fraction of sp³-hybridized carbons (Fsp3) is 0.0526. The van der Waals surface area contributed by atoms with E-state index in [4.69, 9.17) is 11.6 Å². The lowest BCUT2D eigenvalue weighted by molar-refractivity contribution is -0.137. The van der Waals surface area contributed by atoms with Gasteiger partial charge in [0.05, 0.1) is 5.69 Å². The minimum Gasteiger partial charge on any atom is -0.480 e. The number of nitrogens with zero attached hydrogens (tertiary/aromatic N) is 1. The molecule has 2 aromatic carbocycles. The molecule has 3 rings (SSSR count). The van der Waals surface area contributed by atoms with E-state index in [1.54, 1.807) is 24.4 Å². The van der Waals surface area contributed by atoms with Gasteiger partial charge in [-0.05, 0) is 29.3 Å². The third-order valence-corrected chi connectivity index (χ3v) is 3.99. The molecular weight excluding hydrogens is 310 g/mol. The molecule has 1 heterocycles. The van der Waals surface area contributed by atoms with Gasteiger partial charge in [0, 0.05) is 16.8 Å². The first-order chi connectivity index (χ1) is 11.2. The van der Waals surface area contributed by atoms with Crippen LogP contribution < -0.4 is 0 Å². The van der Waals surface area contributed by atoms with Gasteiger partial charge in [-0.2, -0.15) is 0 Å². The minimum absolute atomic E-state index is 0.519. The van der Waals surface area contributed by atoms with E-state index in [9.17, 15) is 9.90 Å². The van der Waals surface area contributed by atoms with E-state index in [1.807, 2.05) is 48.5 Å². The molecule has 0 spiro atoms. The Balaban J connectivity index is 1.98. The van der Waals surface area contributed by atoms with Crippen molar-refractivity contribution >= 4 is 17.6 Å². The molecule has 1 unspecified atom stereocenters. The van der Waals surface area contributed by atoms with Gasteiger partial charge >= 0.3 is 5.97 Å². The van der Waals surface area contributed by atoms with Gasteiger partial charge in [-0.3, -0.25) is 9.78 Å². The molecule has 0 bridgehead atoms. The molecule has 0 amide bonds. The van der Waals surface area contributed by atoms with Crippen LogP contribution in [-0.4, -0.2) is 16.1 Å². The number of hydrogen-bond acceptors (Lipinski definition) is 2. The summed E-state index contributed by atoms with van der Waals surface area (Å²) in [7, 11) is 0. The second-order valence-corrected chi connectivity index (χ2v) is 5.53. The lowest BCUT2D eigenvalue weighted by Crippen LogP contribution is -2.14. The Kier molecular flexibility index (Phi) is 4.40. The average Bonchev–Trinajstić information content (AvgIpc) is 2.57. The highest BCUT2D eigenvalue weighted by molar-refractivity contribution is 6.33. The molecule has 0 fully saturated rings.